The van der Waals surface area contributed by atoms with Crippen molar-refractivity contribution in [2.24, 2.45) is 23.7 Å². The average molecular weight is 654 g/mol. The highest BCUT2D eigenvalue weighted by Crippen LogP contribution is 2.69. The van der Waals surface area contributed by atoms with Gasteiger partial charge in [-0.2, -0.15) is 0 Å². The van der Waals surface area contributed by atoms with Crippen LogP contribution in [0.5, 0.6) is 0 Å². The molecule has 1 heterocycles. The zero-order valence-electron chi connectivity index (χ0n) is 29.9. The molecule has 250 valence electrons. The van der Waals surface area contributed by atoms with Crippen LogP contribution in [0.4, 0.5) is 17.1 Å². The third kappa shape index (κ3) is 3.81. The van der Waals surface area contributed by atoms with Crippen LogP contribution < -0.4 is 4.90 Å². The summed E-state index contributed by atoms with van der Waals surface area (Å²) in [4.78, 5) is 2.58. The fourth-order valence-corrected chi connectivity index (χ4v) is 12.4. The van der Waals surface area contributed by atoms with Gasteiger partial charge in [-0.05, 0) is 155 Å². The van der Waals surface area contributed by atoms with Crippen LogP contribution in [0.25, 0.3) is 33.1 Å². The van der Waals surface area contributed by atoms with E-state index >= 15 is 0 Å². The van der Waals surface area contributed by atoms with Gasteiger partial charge >= 0.3 is 0 Å². The van der Waals surface area contributed by atoms with Crippen LogP contribution >= 0.6 is 0 Å². The summed E-state index contributed by atoms with van der Waals surface area (Å²) in [5, 5.41) is 2.36. The predicted molar refractivity (Wildman–Crippen MR) is 207 cm³/mol. The molecule has 0 radical (unpaired) electrons. The number of anilines is 3. The number of hydrogen-bond acceptors (Lipinski definition) is 2. The maximum atomic E-state index is 6.51. The second-order valence-electron chi connectivity index (χ2n) is 18.0. The first-order chi connectivity index (χ1) is 24.2. The van der Waals surface area contributed by atoms with Crippen molar-refractivity contribution in [2.45, 2.75) is 88.9 Å². The first-order valence-electron chi connectivity index (χ1n) is 19.3. The smallest absolute Gasteiger partial charge is 0.137 e. The van der Waals surface area contributed by atoms with E-state index in [0.717, 1.165) is 34.8 Å². The van der Waals surface area contributed by atoms with Gasteiger partial charge in [0.2, 0.25) is 0 Å². The van der Waals surface area contributed by atoms with Gasteiger partial charge in [-0.1, -0.05) is 88.4 Å². The van der Waals surface area contributed by atoms with Crippen molar-refractivity contribution in [3.63, 3.8) is 0 Å². The molecule has 6 aliphatic rings. The van der Waals surface area contributed by atoms with Gasteiger partial charge in [-0.15, -0.1) is 0 Å². The molecule has 0 N–H and O–H groups in total. The van der Waals surface area contributed by atoms with Gasteiger partial charge in [0.05, 0.1) is 11.1 Å². The molecular weight excluding hydrogens is 607 g/mol. The zero-order valence-corrected chi connectivity index (χ0v) is 29.9. The molecule has 0 saturated heterocycles. The van der Waals surface area contributed by atoms with Crippen molar-refractivity contribution < 1.29 is 4.42 Å². The first-order valence-corrected chi connectivity index (χ1v) is 19.3. The molecule has 4 bridgehead atoms. The molecule has 0 aliphatic heterocycles. The van der Waals surface area contributed by atoms with Crippen molar-refractivity contribution >= 4 is 39.0 Å². The lowest BCUT2D eigenvalue weighted by atomic mass is 9.43. The summed E-state index contributed by atoms with van der Waals surface area (Å²) in [6, 6.07) is 39.6. The highest BCUT2D eigenvalue weighted by molar-refractivity contribution is 6.13. The molecule has 0 unspecified atom stereocenters. The summed E-state index contributed by atoms with van der Waals surface area (Å²) >= 11 is 0. The molecule has 50 heavy (non-hydrogen) atoms. The van der Waals surface area contributed by atoms with Crippen molar-refractivity contribution in [1.82, 2.24) is 0 Å². The topological polar surface area (TPSA) is 16.4 Å². The fourth-order valence-electron chi connectivity index (χ4n) is 12.4. The predicted octanol–water partition coefficient (Wildman–Crippen LogP) is 13.1. The highest BCUT2D eigenvalue weighted by atomic mass is 16.3. The van der Waals surface area contributed by atoms with E-state index in [4.69, 9.17) is 4.42 Å². The molecule has 5 aromatic carbocycles. The van der Waals surface area contributed by atoms with Gasteiger partial charge in [0.1, 0.15) is 11.2 Å². The van der Waals surface area contributed by atoms with Crippen LogP contribution in [0.15, 0.2) is 108 Å². The van der Waals surface area contributed by atoms with Gasteiger partial charge in [-0.3, -0.25) is 0 Å². The van der Waals surface area contributed by atoms with Gasteiger partial charge in [0.25, 0.3) is 0 Å². The molecule has 2 nitrogen and oxygen atoms in total. The maximum Gasteiger partial charge on any atom is 0.137 e. The number of nitrogens with zero attached hydrogens (tertiary/aromatic N) is 1. The first kappa shape index (κ1) is 29.4. The molecule has 0 atom stereocenters. The Morgan fingerprint density at radius 3 is 1.94 bits per heavy atom. The van der Waals surface area contributed by atoms with Crippen molar-refractivity contribution in [1.29, 1.82) is 0 Å². The van der Waals surface area contributed by atoms with Crippen LogP contribution in [0.1, 0.15) is 94.9 Å². The molecule has 0 amide bonds. The fraction of sp³-hybridized carbons (Fsp3) is 0.375. The highest BCUT2D eigenvalue weighted by Gasteiger charge is 2.61. The Morgan fingerprint density at radius 1 is 0.540 bits per heavy atom. The average Bonchev–Trinajstić information content (AvgIpc) is 3.63. The number of rotatable bonds is 3. The van der Waals surface area contributed by atoms with E-state index < -0.39 is 0 Å². The molecule has 12 rings (SSSR count). The summed E-state index contributed by atoms with van der Waals surface area (Å²) in [6.07, 6.45) is 9.46. The van der Waals surface area contributed by atoms with E-state index in [1.54, 1.807) is 11.1 Å². The van der Waals surface area contributed by atoms with Gasteiger partial charge in [0.15, 0.2) is 0 Å². The monoisotopic (exact) mass is 653 g/mol. The Labute approximate surface area is 296 Å². The molecular formula is C48H47NO. The Hall–Kier alpha value is -4.30. The van der Waals surface area contributed by atoms with E-state index in [2.05, 4.69) is 136 Å². The summed E-state index contributed by atoms with van der Waals surface area (Å²) in [5.74, 6) is 3.32. The lowest BCUT2D eigenvalue weighted by Crippen LogP contribution is -2.55. The van der Waals surface area contributed by atoms with Crippen LogP contribution in [-0.4, -0.2) is 0 Å². The van der Waals surface area contributed by atoms with Gasteiger partial charge in [-0.25, -0.2) is 0 Å². The molecule has 1 spiro atoms. The number of furan rings is 1. The van der Waals surface area contributed by atoms with E-state index in [1.807, 2.05) is 0 Å². The van der Waals surface area contributed by atoms with Crippen molar-refractivity contribution in [2.75, 3.05) is 4.90 Å². The second kappa shape index (κ2) is 9.93. The normalized spacial score (nSPS) is 27.8. The van der Waals surface area contributed by atoms with Gasteiger partial charge in [0, 0.05) is 22.2 Å². The number of benzene rings is 5. The maximum absolute atomic E-state index is 6.51. The second-order valence-corrected chi connectivity index (χ2v) is 18.0. The lowest BCUT2D eigenvalue weighted by Gasteiger charge is -2.61. The Kier molecular flexibility index (Phi) is 5.85. The molecule has 4 saturated carbocycles. The van der Waals surface area contributed by atoms with Crippen LogP contribution in [0.2, 0.25) is 0 Å². The van der Waals surface area contributed by atoms with Crippen LogP contribution in [0, 0.1) is 23.7 Å². The SMILES string of the molecule is CC1(C)CCC(C)(C)c2cc(N(c3ccc4c(c3)C3(c5ccccc5-4)C4CC5CC(C4)CC3C5)c3cccc4oc5ccccc5c34)ccc21. The summed E-state index contributed by atoms with van der Waals surface area (Å²) in [5.41, 5.74) is 15.1. The largest absolute Gasteiger partial charge is 0.456 e. The third-order valence-corrected chi connectivity index (χ3v) is 14.5. The molecule has 2 heteroatoms. The number of para-hydroxylation sites is 1. The van der Waals surface area contributed by atoms with Crippen LogP contribution in [-0.2, 0) is 16.2 Å². The van der Waals surface area contributed by atoms with E-state index in [0.29, 0.717) is 0 Å². The zero-order chi connectivity index (χ0) is 33.6. The minimum absolute atomic E-state index is 0.116. The Bertz CT molecular complexity index is 2340. The number of fused-ring (bicyclic) bond motifs is 7. The van der Waals surface area contributed by atoms with E-state index in [-0.39, 0.29) is 16.2 Å². The summed E-state index contributed by atoms with van der Waals surface area (Å²) in [6.45, 7) is 9.75. The van der Waals surface area contributed by atoms with Crippen LogP contribution in [0.3, 0.4) is 0 Å². The third-order valence-electron chi connectivity index (χ3n) is 14.5. The quantitative estimate of drug-likeness (QED) is 0.189. The molecule has 1 aromatic heterocycles. The summed E-state index contributed by atoms with van der Waals surface area (Å²) in [7, 11) is 0. The van der Waals surface area contributed by atoms with Gasteiger partial charge < -0.3 is 9.32 Å². The van der Waals surface area contributed by atoms with E-state index in [1.165, 1.54) is 95.0 Å². The van der Waals surface area contributed by atoms with E-state index in [9.17, 15) is 0 Å². The minimum Gasteiger partial charge on any atom is -0.456 e. The minimum atomic E-state index is 0.116. The Morgan fingerprint density at radius 2 is 1.16 bits per heavy atom. The lowest BCUT2D eigenvalue weighted by molar-refractivity contribution is -0.0399. The standard InChI is InChI=1S/C48H47NO/c1-46(2)20-21-47(3,4)41-28-34(17-19-39(41)46)49(42-13-9-15-44-45(42)37-11-6-8-14-43(37)50-44)33-16-18-36-35-10-5-7-12-38(35)48(40(36)27-33)31-23-29-22-30(25-31)26-32(48)24-29/h5-19,27-32H,20-26H2,1-4H3. The molecule has 4 fully saturated rings. The summed E-state index contributed by atoms with van der Waals surface area (Å²) < 4.78 is 6.51. The Balaban J connectivity index is 1.18. The molecule has 6 aromatic rings. The van der Waals surface area contributed by atoms with Crippen molar-refractivity contribution in [3.8, 4) is 11.1 Å². The molecule has 6 aliphatic carbocycles. The number of hydrogen-bond donors (Lipinski definition) is 0. The van der Waals surface area contributed by atoms with Crippen molar-refractivity contribution in [3.05, 3.63) is 125 Å².